The number of imidazole rings is 1. The molecule has 1 saturated carbocycles. The van der Waals surface area contributed by atoms with Crippen molar-refractivity contribution >= 4 is 29.2 Å². The van der Waals surface area contributed by atoms with Gasteiger partial charge >= 0.3 is 0 Å². The molecule has 8 heteroatoms. The van der Waals surface area contributed by atoms with E-state index in [1.807, 2.05) is 13.1 Å². The lowest BCUT2D eigenvalue weighted by Gasteiger charge is -2.31. The summed E-state index contributed by atoms with van der Waals surface area (Å²) >= 11 is 0. The van der Waals surface area contributed by atoms with Crippen molar-refractivity contribution in [1.82, 2.24) is 14.5 Å². The van der Waals surface area contributed by atoms with E-state index in [1.165, 1.54) is 0 Å². The lowest BCUT2D eigenvalue weighted by Crippen LogP contribution is -2.31. The van der Waals surface area contributed by atoms with Gasteiger partial charge in [0.1, 0.15) is 17.5 Å². The summed E-state index contributed by atoms with van der Waals surface area (Å²) in [6.07, 6.45) is 6.88. The molecule has 2 atom stereocenters. The third-order valence-electron chi connectivity index (χ3n) is 4.89. The van der Waals surface area contributed by atoms with Gasteiger partial charge in [-0.05, 0) is 38.7 Å². The second-order valence-electron chi connectivity index (χ2n) is 6.58. The number of nitrogens with zero attached hydrogens (tertiary/aromatic N) is 5. The van der Waals surface area contributed by atoms with Gasteiger partial charge in [-0.3, -0.25) is 10.4 Å². The summed E-state index contributed by atoms with van der Waals surface area (Å²) in [5, 5.41) is 7.10. The summed E-state index contributed by atoms with van der Waals surface area (Å²) < 4.78 is 2.28. The SMILES string of the molecule is CCN(C)c1nc2cnc(C(N)=NC=N)cc2n1C1CCCC(N)C1. The zero-order valence-electron chi connectivity index (χ0n) is 14.8. The van der Waals surface area contributed by atoms with E-state index in [9.17, 15) is 0 Å². The van der Waals surface area contributed by atoms with Crippen LogP contribution in [0.1, 0.15) is 44.3 Å². The third-order valence-corrected chi connectivity index (χ3v) is 4.89. The van der Waals surface area contributed by atoms with Gasteiger partial charge in [0.25, 0.3) is 0 Å². The largest absolute Gasteiger partial charge is 0.382 e. The first-order chi connectivity index (χ1) is 12.0. The van der Waals surface area contributed by atoms with Crippen LogP contribution in [0.15, 0.2) is 17.3 Å². The van der Waals surface area contributed by atoms with E-state index in [0.717, 1.165) is 55.5 Å². The van der Waals surface area contributed by atoms with Crippen LogP contribution in [0.4, 0.5) is 5.95 Å². The maximum atomic E-state index is 7.10. The minimum Gasteiger partial charge on any atom is -0.382 e. The number of anilines is 1. The van der Waals surface area contributed by atoms with Crippen molar-refractivity contribution < 1.29 is 0 Å². The van der Waals surface area contributed by atoms with E-state index in [1.54, 1.807) is 6.20 Å². The topological polar surface area (TPSA) is 122 Å². The molecule has 0 radical (unpaired) electrons. The lowest BCUT2D eigenvalue weighted by molar-refractivity contribution is 0.326. The van der Waals surface area contributed by atoms with Crippen LogP contribution in [0.5, 0.6) is 0 Å². The molecular formula is C17H26N8. The Labute approximate surface area is 147 Å². The monoisotopic (exact) mass is 342 g/mol. The molecule has 8 nitrogen and oxygen atoms in total. The Hall–Kier alpha value is -2.48. The van der Waals surface area contributed by atoms with E-state index in [2.05, 4.69) is 26.4 Å². The van der Waals surface area contributed by atoms with Crippen LogP contribution in [0.25, 0.3) is 11.0 Å². The molecule has 0 aromatic carbocycles. The number of nitrogens with one attached hydrogen (secondary N) is 1. The molecule has 134 valence electrons. The molecule has 0 saturated heterocycles. The van der Waals surface area contributed by atoms with Crippen LogP contribution < -0.4 is 16.4 Å². The molecule has 2 unspecified atom stereocenters. The van der Waals surface area contributed by atoms with Crippen LogP contribution in [0.2, 0.25) is 0 Å². The Morgan fingerprint density at radius 3 is 3.00 bits per heavy atom. The molecule has 2 heterocycles. The second kappa shape index (κ2) is 7.18. The Morgan fingerprint density at radius 1 is 1.52 bits per heavy atom. The van der Waals surface area contributed by atoms with Crippen molar-refractivity contribution in [3.8, 4) is 0 Å². The van der Waals surface area contributed by atoms with Gasteiger partial charge in [0.05, 0.1) is 11.7 Å². The summed E-state index contributed by atoms with van der Waals surface area (Å²) in [5.74, 6) is 1.16. The maximum absolute atomic E-state index is 7.10. The molecular weight excluding hydrogens is 316 g/mol. The van der Waals surface area contributed by atoms with Crippen molar-refractivity contribution in [2.45, 2.75) is 44.7 Å². The average molecular weight is 342 g/mol. The number of hydrogen-bond donors (Lipinski definition) is 3. The van der Waals surface area contributed by atoms with E-state index >= 15 is 0 Å². The van der Waals surface area contributed by atoms with Crippen molar-refractivity contribution in [2.24, 2.45) is 16.5 Å². The number of amidine groups is 1. The van der Waals surface area contributed by atoms with Crippen molar-refractivity contribution in [1.29, 1.82) is 5.41 Å². The summed E-state index contributed by atoms with van der Waals surface area (Å²) in [4.78, 5) is 15.1. The van der Waals surface area contributed by atoms with Gasteiger partial charge in [-0.25, -0.2) is 9.98 Å². The van der Waals surface area contributed by atoms with Gasteiger partial charge < -0.3 is 20.9 Å². The highest BCUT2D eigenvalue weighted by molar-refractivity contribution is 6.01. The van der Waals surface area contributed by atoms with Gasteiger partial charge in [0.15, 0.2) is 5.84 Å². The Morgan fingerprint density at radius 2 is 2.32 bits per heavy atom. The molecule has 1 aliphatic carbocycles. The van der Waals surface area contributed by atoms with Gasteiger partial charge in [0, 0.05) is 25.7 Å². The van der Waals surface area contributed by atoms with Crippen LogP contribution in [-0.2, 0) is 0 Å². The number of pyridine rings is 1. The number of fused-ring (bicyclic) bond motifs is 1. The van der Waals surface area contributed by atoms with Gasteiger partial charge in [0.2, 0.25) is 5.95 Å². The van der Waals surface area contributed by atoms with Gasteiger partial charge in [-0.2, -0.15) is 0 Å². The first-order valence-corrected chi connectivity index (χ1v) is 8.72. The van der Waals surface area contributed by atoms with Crippen LogP contribution in [0.3, 0.4) is 0 Å². The highest BCUT2D eigenvalue weighted by Gasteiger charge is 2.26. The fourth-order valence-electron chi connectivity index (χ4n) is 3.47. The predicted molar refractivity (Wildman–Crippen MR) is 101 cm³/mol. The molecule has 0 spiro atoms. The average Bonchev–Trinajstić information content (AvgIpc) is 2.99. The molecule has 0 aliphatic heterocycles. The molecule has 1 fully saturated rings. The van der Waals surface area contributed by atoms with Crippen molar-refractivity contribution in [3.63, 3.8) is 0 Å². The van der Waals surface area contributed by atoms with Gasteiger partial charge in [-0.1, -0.05) is 0 Å². The van der Waals surface area contributed by atoms with Crippen LogP contribution in [-0.4, -0.2) is 46.3 Å². The molecule has 3 rings (SSSR count). The van der Waals surface area contributed by atoms with Crippen molar-refractivity contribution in [2.75, 3.05) is 18.5 Å². The number of aliphatic imine (C=N–C) groups is 1. The minimum atomic E-state index is 0.224. The highest BCUT2D eigenvalue weighted by atomic mass is 15.3. The number of aromatic nitrogens is 3. The fraction of sp³-hybridized carbons (Fsp3) is 0.529. The molecule has 2 aromatic rings. The van der Waals surface area contributed by atoms with Gasteiger partial charge in [-0.15, -0.1) is 0 Å². The first kappa shape index (κ1) is 17.3. The molecule has 1 aliphatic rings. The quantitative estimate of drug-likeness (QED) is 0.563. The molecule has 25 heavy (non-hydrogen) atoms. The summed E-state index contributed by atoms with van der Waals surface area (Å²) in [5.41, 5.74) is 14.5. The van der Waals surface area contributed by atoms with E-state index in [4.69, 9.17) is 21.9 Å². The zero-order chi connectivity index (χ0) is 18.0. The summed E-state index contributed by atoms with van der Waals surface area (Å²) in [7, 11) is 2.04. The van der Waals surface area contributed by atoms with Crippen LogP contribution >= 0.6 is 0 Å². The maximum Gasteiger partial charge on any atom is 0.206 e. The standard InChI is InChI=1S/C17H26N8/c1-3-24(2)17-23-14-9-21-13(16(20)22-10-18)8-15(14)25(17)12-6-4-5-11(19)7-12/h8-12H,3-7,19H2,1-2H3,(H3,18,20,22). The fourth-order valence-corrected chi connectivity index (χ4v) is 3.47. The molecule has 2 aromatic heterocycles. The zero-order valence-corrected chi connectivity index (χ0v) is 14.8. The third kappa shape index (κ3) is 3.34. The predicted octanol–water partition coefficient (Wildman–Crippen LogP) is 1.64. The second-order valence-corrected chi connectivity index (χ2v) is 6.58. The number of rotatable bonds is 5. The molecule has 0 bridgehead atoms. The number of hydrogen-bond acceptors (Lipinski definition) is 5. The molecule has 5 N–H and O–H groups in total. The Bertz CT molecular complexity index is 793. The lowest BCUT2D eigenvalue weighted by atomic mass is 9.91. The van der Waals surface area contributed by atoms with Crippen molar-refractivity contribution in [3.05, 3.63) is 18.0 Å². The first-order valence-electron chi connectivity index (χ1n) is 8.72. The number of nitrogens with two attached hydrogens (primary N) is 2. The Balaban J connectivity index is 2.16. The van der Waals surface area contributed by atoms with E-state index in [0.29, 0.717) is 11.7 Å². The molecule has 0 amide bonds. The van der Waals surface area contributed by atoms with E-state index in [-0.39, 0.29) is 11.9 Å². The highest BCUT2D eigenvalue weighted by Crippen LogP contribution is 2.34. The summed E-state index contributed by atoms with van der Waals surface area (Å²) in [6, 6.07) is 2.45. The normalized spacial score (nSPS) is 21.5. The smallest absolute Gasteiger partial charge is 0.206 e. The summed E-state index contributed by atoms with van der Waals surface area (Å²) in [6.45, 7) is 2.97. The van der Waals surface area contributed by atoms with E-state index < -0.39 is 0 Å². The minimum absolute atomic E-state index is 0.224. The Kier molecular flexibility index (Phi) is 4.98. The van der Waals surface area contributed by atoms with Crippen LogP contribution in [0, 0.1) is 5.41 Å².